The van der Waals surface area contributed by atoms with Crippen LogP contribution in [0.4, 0.5) is 0 Å². The fraction of sp³-hybridized carbons (Fsp3) is 0.364. The Balaban J connectivity index is 1.41. The molecule has 1 aliphatic rings. The van der Waals surface area contributed by atoms with E-state index in [2.05, 4.69) is 24.0 Å². The first-order valence-corrected chi connectivity index (χ1v) is 9.68. The molecule has 1 amide bonds. The Morgan fingerprint density at radius 3 is 2.64 bits per heavy atom. The summed E-state index contributed by atoms with van der Waals surface area (Å²) in [7, 11) is 0. The van der Waals surface area contributed by atoms with Gasteiger partial charge in [0.15, 0.2) is 5.76 Å². The number of oxazole rings is 1. The largest absolute Gasteiger partial charge is 0.459 e. The highest BCUT2D eigenvalue weighted by Crippen LogP contribution is 2.23. The van der Waals surface area contributed by atoms with Crippen LogP contribution in [0.25, 0.3) is 11.5 Å². The number of amides is 1. The minimum absolute atomic E-state index is 0.0360. The van der Waals surface area contributed by atoms with Crippen LogP contribution in [0.15, 0.2) is 51.5 Å². The van der Waals surface area contributed by atoms with Gasteiger partial charge in [0.25, 0.3) is 5.91 Å². The molecule has 0 spiro atoms. The van der Waals surface area contributed by atoms with Crippen molar-refractivity contribution in [2.45, 2.75) is 26.8 Å². The quantitative estimate of drug-likeness (QED) is 0.688. The average Bonchev–Trinajstić information content (AvgIpc) is 3.28. The summed E-state index contributed by atoms with van der Waals surface area (Å²) < 4.78 is 11.2. The van der Waals surface area contributed by atoms with Crippen molar-refractivity contribution in [1.82, 2.24) is 14.8 Å². The Hall–Kier alpha value is -2.86. The zero-order valence-electron chi connectivity index (χ0n) is 16.4. The summed E-state index contributed by atoms with van der Waals surface area (Å²) in [6, 6.07) is 11.7. The fourth-order valence-corrected chi connectivity index (χ4v) is 3.49. The van der Waals surface area contributed by atoms with Crippen LogP contribution in [-0.2, 0) is 6.54 Å². The van der Waals surface area contributed by atoms with Crippen molar-refractivity contribution < 1.29 is 13.6 Å². The highest BCUT2D eigenvalue weighted by molar-refractivity contribution is 5.91. The van der Waals surface area contributed by atoms with Crippen LogP contribution in [0.5, 0.6) is 0 Å². The van der Waals surface area contributed by atoms with Crippen LogP contribution in [0.1, 0.15) is 34.0 Å². The van der Waals surface area contributed by atoms with E-state index in [1.807, 2.05) is 24.0 Å². The van der Waals surface area contributed by atoms with Crippen LogP contribution in [-0.4, -0.2) is 46.9 Å². The second kappa shape index (κ2) is 8.02. The molecule has 28 heavy (non-hydrogen) atoms. The Morgan fingerprint density at radius 1 is 1.07 bits per heavy atom. The van der Waals surface area contributed by atoms with Gasteiger partial charge in [0.2, 0.25) is 5.89 Å². The number of carbonyl (C=O) groups is 1. The predicted octanol–water partition coefficient (Wildman–Crippen LogP) is 3.90. The molecule has 146 valence electrons. The molecule has 0 radical (unpaired) electrons. The molecule has 0 unspecified atom stereocenters. The zero-order chi connectivity index (χ0) is 19.5. The van der Waals surface area contributed by atoms with Crippen LogP contribution >= 0.6 is 0 Å². The highest BCUT2D eigenvalue weighted by atomic mass is 16.4. The Kier molecular flexibility index (Phi) is 5.30. The van der Waals surface area contributed by atoms with Crippen molar-refractivity contribution in [2.24, 2.45) is 0 Å². The second-order valence-electron chi connectivity index (χ2n) is 7.29. The lowest BCUT2D eigenvalue weighted by molar-refractivity contribution is 0.0729. The third-order valence-corrected chi connectivity index (χ3v) is 5.17. The number of carbonyl (C=O) groups excluding carboxylic acids is 1. The summed E-state index contributed by atoms with van der Waals surface area (Å²) in [4.78, 5) is 21.4. The molecular formula is C22H25N3O3. The molecule has 3 aromatic rings. The van der Waals surface area contributed by atoms with Gasteiger partial charge in [-0.2, -0.15) is 0 Å². The third kappa shape index (κ3) is 4.02. The molecule has 6 heteroatoms. The first-order valence-electron chi connectivity index (χ1n) is 9.68. The number of aromatic nitrogens is 1. The summed E-state index contributed by atoms with van der Waals surface area (Å²) >= 11 is 0. The van der Waals surface area contributed by atoms with Gasteiger partial charge in [-0.05, 0) is 44.5 Å². The van der Waals surface area contributed by atoms with Gasteiger partial charge >= 0.3 is 0 Å². The van der Waals surface area contributed by atoms with E-state index in [0.29, 0.717) is 18.2 Å². The number of nitrogens with zero attached hydrogens (tertiary/aromatic N) is 3. The van der Waals surface area contributed by atoms with E-state index >= 15 is 0 Å². The van der Waals surface area contributed by atoms with Crippen molar-refractivity contribution >= 4 is 5.91 Å². The second-order valence-corrected chi connectivity index (χ2v) is 7.29. The number of rotatable bonds is 4. The van der Waals surface area contributed by atoms with Gasteiger partial charge < -0.3 is 13.7 Å². The number of benzene rings is 1. The molecule has 0 bridgehead atoms. The van der Waals surface area contributed by atoms with E-state index in [-0.39, 0.29) is 5.91 Å². The minimum Gasteiger partial charge on any atom is -0.459 e. The Bertz CT molecular complexity index is 929. The molecule has 0 atom stereocenters. The van der Waals surface area contributed by atoms with Gasteiger partial charge in [-0.1, -0.05) is 17.7 Å². The average molecular weight is 379 g/mol. The van der Waals surface area contributed by atoms with Gasteiger partial charge in [-0.15, -0.1) is 0 Å². The first kappa shape index (κ1) is 18.5. The summed E-state index contributed by atoms with van der Waals surface area (Å²) in [6.07, 6.45) is 2.46. The van der Waals surface area contributed by atoms with Crippen molar-refractivity contribution in [1.29, 1.82) is 0 Å². The molecule has 2 aromatic heterocycles. The molecule has 4 rings (SSSR count). The van der Waals surface area contributed by atoms with Crippen molar-refractivity contribution in [3.05, 3.63) is 65.4 Å². The van der Waals surface area contributed by atoms with E-state index in [0.717, 1.165) is 49.6 Å². The molecule has 1 fully saturated rings. The molecule has 3 heterocycles. The van der Waals surface area contributed by atoms with Gasteiger partial charge in [0, 0.05) is 38.3 Å². The SMILES string of the molecule is Cc1ccc(-c2nc(CN3CCCN(C(=O)c4ccco4)CC3)c(C)o2)cc1. The van der Waals surface area contributed by atoms with Crippen LogP contribution in [0, 0.1) is 13.8 Å². The number of furan rings is 1. The zero-order valence-corrected chi connectivity index (χ0v) is 16.4. The Morgan fingerprint density at radius 2 is 1.89 bits per heavy atom. The number of hydrogen-bond donors (Lipinski definition) is 0. The third-order valence-electron chi connectivity index (χ3n) is 5.17. The standard InChI is InChI=1S/C22H25N3O3/c1-16-6-8-18(9-7-16)21-23-19(17(2)28-21)15-24-10-4-11-25(13-12-24)22(26)20-5-3-14-27-20/h3,5-9,14H,4,10-13,15H2,1-2H3. The maximum Gasteiger partial charge on any atom is 0.289 e. The lowest BCUT2D eigenvalue weighted by Crippen LogP contribution is -2.35. The fourth-order valence-electron chi connectivity index (χ4n) is 3.49. The van der Waals surface area contributed by atoms with E-state index in [9.17, 15) is 4.79 Å². The van der Waals surface area contributed by atoms with E-state index < -0.39 is 0 Å². The smallest absolute Gasteiger partial charge is 0.289 e. The van der Waals surface area contributed by atoms with E-state index in [4.69, 9.17) is 13.8 Å². The molecule has 6 nitrogen and oxygen atoms in total. The van der Waals surface area contributed by atoms with Crippen LogP contribution < -0.4 is 0 Å². The summed E-state index contributed by atoms with van der Waals surface area (Å²) in [5.74, 6) is 1.88. The first-order chi connectivity index (χ1) is 13.6. The Labute approximate surface area is 164 Å². The number of hydrogen-bond acceptors (Lipinski definition) is 5. The lowest BCUT2D eigenvalue weighted by Gasteiger charge is -2.20. The maximum absolute atomic E-state index is 12.5. The maximum atomic E-state index is 12.5. The van der Waals surface area contributed by atoms with Crippen molar-refractivity contribution in [3.8, 4) is 11.5 Å². The summed E-state index contributed by atoms with van der Waals surface area (Å²) in [5, 5.41) is 0. The predicted molar refractivity (Wildman–Crippen MR) is 106 cm³/mol. The molecule has 1 aromatic carbocycles. The minimum atomic E-state index is -0.0360. The van der Waals surface area contributed by atoms with E-state index in [1.54, 1.807) is 12.1 Å². The molecular weight excluding hydrogens is 354 g/mol. The molecule has 1 aliphatic heterocycles. The van der Waals surface area contributed by atoms with Gasteiger partial charge in [0.05, 0.1) is 12.0 Å². The monoisotopic (exact) mass is 379 g/mol. The summed E-state index contributed by atoms with van der Waals surface area (Å²) in [6.45, 7) is 7.90. The van der Waals surface area contributed by atoms with Crippen LogP contribution in [0.2, 0.25) is 0 Å². The van der Waals surface area contributed by atoms with Crippen molar-refractivity contribution in [3.63, 3.8) is 0 Å². The highest BCUT2D eigenvalue weighted by Gasteiger charge is 2.23. The summed E-state index contributed by atoms with van der Waals surface area (Å²) in [5.41, 5.74) is 3.16. The molecule has 1 saturated heterocycles. The van der Waals surface area contributed by atoms with Gasteiger partial charge in [0.1, 0.15) is 5.76 Å². The van der Waals surface area contributed by atoms with Gasteiger partial charge in [-0.25, -0.2) is 4.98 Å². The topological polar surface area (TPSA) is 62.7 Å². The normalized spacial score (nSPS) is 15.6. The van der Waals surface area contributed by atoms with Gasteiger partial charge in [-0.3, -0.25) is 9.69 Å². The lowest BCUT2D eigenvalue weighted by atomic mass is 10.1. The number of aryl methyl sites for hydroxylation is 2. The van der Waals surface area contributed by atoms with Crippen molar-refractivity contribution in [2.75, 3.05) is 26.2 Å². The van der Waals surface area contributed by atoms with Crippen LogP contribution in [0.3, 0.4) is 0 Å². The molecule has 0 N–H and O–H groups in total. The molecule has 0 aliphatic carbocycles. The molecule has 0 saturated carbocycles. The van der Waals surface area contributed by atoms with E-state index in [1.165, 1.54) is 11.8 Å².